The van der Waals surface area contributed by atoms with Crippen molar-refractivity contribution < 1.29 is 0 Å². The summed E-state index contributed by atoms with van der Waals surface area (Å²) in [5, 5.41) is 8.79. The molecule has 20 heavy (non-hydrogen) atoms. The summed E-state index contributed by atoms with van der Waals surface area (Å²) in [7, 11) is 0. The van der Waals surface area contributed by atoms with E-state index in [0.717, 1.165) is 12.8 Å². The lowest BCUT2D eigenvalue weighted by molar-refractivity contribution is -0.224. The van der Waals surface area contributed by atoms with Gasteiger partial charge in [-0.1, -0.05) is 10.2 Å². The fourth-order valence-electron chi connectivity index (χ4n) is 7.45. The fourth-order valence-corrected chi connectivity index (χ4v) is 7.45. The van der Waals surface area contributed by atoms with E-state index < -0.39 is 0 Å². The number of azide groups is 2. The topological polar surface area (TPSA) is 97.5 Å². The molecule has 0 aromatic rings. The fraction of sp³-hybridized carbons (Fsp3) is 1.00. The molecule has 0 saturated heterocycles. The Morgan fingerprint density at radius 3 is 1.35 bits per heavy atom. The summed E-state index contributed by atoms with van der Waals surface area (Å²) >= 11 is 0. The van der Waals surface area contributed by atoms with Crippen LogP contribution in [0.1, 0.15) is 38.5 Å². The minimum atomic E-state index is -0.128. The van der Waals surface area contributed by atoms with Gasteiger partial charge in [-0.3, -0.25) is 0 Å². The summed E-state index contributed by atoms with van der Waals surface area (Å²) in [6.07, 6.45) is 6.98. The molecule has 0 aromatic carbocycles. The quantitative estimate of drug-likeness (QED) is 0.408. The van der Waals surface area contributed by atoms with Crippen LogP contribution in [0.5, 0.6) is 0 Å². The van der Waals surface area contributed by atoms with E-state index in [9.17, 15) is 0 Å². The van der Waals surface area contributed by atoms with Crippen molar-refractivity contribution >= 4 is 0 Å². The normalized spacial score (nSPS) is 60.2. The molecule has 6 heteroatoms. The summed E-state index contributed by atoms with van der Waals surface area (Å²) in [6.45, 7) is 0. The highest BCUT2D eigenvalue weighted by Crippen LogP contribution is 2.75. The lowest BCUT2D eigenvalue weighted by Crippen LogP contribution is -2.76. The molecule has 0 N–H and O–H groups in total. The zero-order chi connectivity index (χ0) is 13.5. The van der Waals surface area contributed by atoms with Crippen molar-refractivity contribution in [3.8, 4) is 0 Å². The van der Waals surface area contributed by atoms with Crippen LogP contribution in [0.25, 0.3) is 20.9 Å². The molecule has 0 heterocycles. The second kappa shape index (κ2) is 3.26. The van der Waals surface area contributed by atoms with Crippen LogP contribution in [-0.2, 0) is 0 Å². The largest absolute Gasteiger partial charge is 0.0867 e. The van der Waals surface area contributed by atoms with Crippen LogP contribution in [0.15, 0.2) is 10.2 Å². The van der Waals surface area contributed by atoms with Crippen molar-refractivity contribution in [2.45, 2.75) is 49.6 Å². The second-order valence-corrected chi connectivity index (χ2v) is 7.87. The van der Waals surface area contributed by atoms with E-state index in [1.54, 1.807) is 0 Å². The van der Waals surface area contributed by atoms with Crippen LogP contribution in [0.4, 0.5) is 0 Å². The summed E-state index contributed by atoms with van der Waals surface area (Å²) in [4.78, 5) is 6.48. The van der Waals surface area contributed by atoms with Gasteiger partial charge in [0.2, 0.25) is 0 Å². The Balaban J connectivity index is 1.75. The molecule has 7 saturated carbocycles. The number of hydrogen-bond donors (Lipinski definition) is 0. The molecular weight excluding hydrogens is 252 g/mol. The Bertz CT molecular complexity index is 510. The van der Waals surface area contributed by atoms with Gasteiger partial charge in [-0.25, -0.2) is 0 Å². The maximum absolute atomic E-state index is 9.10. The zero-order valence-electron chi connectivity index (χ0n) is 11.4. The van der Waals surface area contributed by atoms with Crippen LogP contribution in [0, 0.1) is 35.5 Å². The minimum Gasteiger partial charge on any atom is -0.0867 e. The van der Waals surface area contributed by atoms with Crippen molar-refractivity contribution in [3.63, 3.8) is 0 Å². The van der Waals surface area contributed by atoms with Crippen molar-refractivity contribution in [2.75, 3.05) is 0 Å². The maximum Gasteiger partial charge on any atom is 0.0553 e. The first kappa shape index (κ1) is 11.3. The van der Waals surface area contributed by atoms with E-state index in [0.29, 0.717) is 35.5 Å². The van der Waals surface area contributed by atoms with Gasteiger partial charge >= 0.3 is 0 Å². The average molecular weight is 270 g/mol. The maximum atomic E-state index is 9.10. The van der Waals surface area contributed by atoms with Crippen molar-refractivity contribution in [3.05, 3.63) is 20.9 Å². The number of rotatable bonds is 2. The van der Waals surface area contributed by atoms with E-state index >= 15 is 0 Å². The molecule has 0 amide bonds. The Hall–Kier alpha value is -1.38. The first-order chi connectivity index (χ1) is 9.73. The van der Waals surface area contributed by atoms with Crippen LogP contribution >= 0.6 is 0 Å². The first-order valence-corrected chi connectivity index (χ1v) is 7.86. The highest BCUT2D eigenvalue weighted by atomic mass is 15.2. The molecule has 8 atom stereocenters. The average Bonchev–Trinajstić information content (AvgIpc) is 2.45. The molecule has 0 radical (unpaired) electrons. The van der Waals surface area contributed by atoms with E-state index in [2.05, 4.69) is 20.1 Å². The van der Waals surface area contributed by atoms with Crippen molar-refractivity contribution in [1.82, 2.24) is 0 Å². The Morgan fingerprint density at radius 2 is 1.05 bits per heavy atom. The van der Waals surface area contributed by atoms with Gasteiger partial charge in [0.25, 0.3) is 0 Å². The Labute approximate surface area is 117 Å². The highest BCUT2D eigenvalue weighted by molar-refractivity contribution is 5.29. The first-order valence-electron chi connectivity index (χ1n) is 7.86. The highest BCUT2D eigenvalue weighted by Gasteiger charge is 2.74. The second-order valence-electron chi connectivity index (χ2n) is 7.87. The summed E-state index contributed by atoms with van der Waals surface area (Å²) in [6, 6.07) is 0. The molecular formula is C14H18N6. The van der Waals surface area contributed by atoms with Gasteiger partial charge in [-0.15, -0.1) is 0 Å². The van der Waals surface area contributed by atoms with Gasteiger partial charge < -0.3 is 0 Å². The monoisotopic (exact) mass is 270 g/mol. The van der Waals surface area contributed by atoms with Crippen LogP contribution in [0.3, 0.4) is 0 Å². The molecule has 7 rings (SSSR count). The molecule has 0 spiro atoms. The molecule has 7 fully saturated rings. The van der Waals surface area contributed by atoms with Crippen molar-refractivity contribution in [1.29, 1.82) is 0 Å². The van der Waals surface area contributed by atoms with Crippen LogP contribution in [0.2, 0.25) is 0 Å². The standard InChI is InChI=1S/C14H18N6/c15-19-17-13-6-8-3-10-9(13)1-7-2-11(13)12(4-8)14(10,5-7)18-20-16/h7-12H,1-6H2/t7?,8?,9-,10+,11+,12-,13?,14?. The van der Waals surface area contributed by atoms with Crippen LogP contribution in [-0.4, -0.2) is 11.1 Å². The third-order valence-electron chi connectivity index (χ3n) is 7.58. The molecule has 0 aliphatic heterocycles. The van der Waals surface area contributed by atoms with E-state index in [4.69, 9.17) is 11.1 Å². The molecule has 6 nitrogen and oxygen atoms in total. The molecule has 7 aliphatic carbocycles. The molecule has 8 bridgehead atoms. The summed E-state index contributed by atoms with van der Waals surface area (Å²) < 4.78 is 0. The van der Waals surface area contributed by atoms with E-state index in [-0.39, 0.29) is 11.1 Å². The lowest BCUT2D eigenvalue weighted by Gasteiger charge is -2.76. The van der Waals surface area contributed by atoms with Gasteiger partial charge in [0.1, 0.15) is 0 Å². The van der Waals surface area contributed by atoms with E-state index in [1.165, 1.54) is 25.7 Å². The van der Waals surface area contributed by atoms with Crippen molar-refractivity contribution in [2.24, 2.45) is 45.7 Å². The number of nitrogens with zero attached hydrogens (tertiary/aromatic N) is 6. The molecule has 104 valence electrons. The van der Waals surface area contributed by atoms with Crippen LogP contribution < -0.4 is 0 Å². The lowest BCUT2D eigenvalue weighted by atomic mass is 9.31. The Morgan fingerprint density at radius 1 is 0.700 bits per heavy atom. The number of hydrogen-bond acceptors (Lipinski definition) is 2. The predicted molar refractivity (Wildman–Crippen MR) is 72.4 cm³/mol. The molecule has 7 aliphatic rings. The Kier molecular flexibility index (Phi) is 1.84. The molecule has 0 aromatic heterocycles. The molecule has 4 unspecified atom stereocenters. The summed E-state index contributed by atoms with van der Waals surface area (Å²) in [5.41, 5.74) is 17.9. The van der Waals surface area contributed by atoms with Gasteiger partial charge in [-0.05, 0) is 85.1 Å². The SMILES string of the molecule is [N-]=[N+]=NC12CC3C[C@@H]4[C@@H]1CC1C[C@@H]2[C@H](C3)C4(N=[N+]=[N-])C1. The zero-order valence-corrected chi connectivity index (χ0v) is 11.4. The van der Waals surface area contributed by atoms with Gasteiger partial charge in [-0.2, -0.15) is 0 Å². The third kappa shape index (κ3) is 0.971. The third-order valence-corrected chi connectivity index (χ3v) is 7.58. The minimum absolute atomic E-state index is 0.128. The van der Waals surface area contributed by atoms with Gasteiger partial charge in [0, 0.05) is 9.82 Å². The summed E-state index contributed by atoms with van der Waals surface area (Å²) in [5.74, 6) is 3.31. The van der Waals surface area contributed by atoms with Gasteiger partial charge in [0.15, 0.2) is 0 Å². The van der Waals surface area contributed by atoms with E-state index in [1.807, 2.05) is 0 Å². The predicted octanol–water partition coefficient (Wildman–Crippen LogP) is 4.19. The smallest absolute Gasteiger partial charge is 0.0553 e. The van der Waals surface area contributed by atoms with Gasteiger partial charge in [0.05, 0.1) is 11.1 Å².